The molecule has 1 aromatic carbocycles. The van der Waals surface area contributed by atoms with E-state index in [2.05, 4.69) is 12.2 Å². The number of carbonyl (C=O) groups is 1. The number of ether oxygens (including phenoxy) is 1. The van der Waals surface area contributed by atoms with Crippen molar-refractivity contribution in [2.75, 3.05) is 33.8 Å². The third-order valence-electron chi connectivity index (χ3n) is 2.65. The molecule has 0 heterocycles. The second kappa shape index (κ2) is 9.15. The molecule has 1 amide bonds. The number of benzene rings is 1. The summed E-state index contributed by atoms with van der Waals surface area (Å²) in [5.74, 6) is 0.726. The molecule has 0 aromatic heterocycles. The topological polar surface area (TPSA) is 41.6 Å². The molecule has 0 saturated heterocycles. The summed E-state index contributed by atoms with van der Waals surface area (Å²) in [6.45, 7) is 4.22. The van der Waals surface area contributed by atoms with Crippen LogP contribution in [0, 0.1) is 0 Å². The standard InChI is InChI=1S/C16H24N2O2/c1-4-13-20-15-8-6-5-7-14(15)9-10-16(19)17-11-12-18(2)3/h5-10H,4,11-13H2,1-3H3,(H,17,19)/b10-9+. The Balaban J connectivity index is 2.54. The maximum Gasteiger partial charge on any atom is 0.244 e. The first-order chi connectivity index (χ1) is 9.63. The van der Waals surface area contributed by atoms with Gasteiger partial charge >= 0.3 is 0 Å². The Hall–Kier alpha value is -1.81. The number of rotatable bonds is 8. The first-order valence-electron chi connectivity index (χ1n) is 6.96. The minimum absolute atomic E-state index is 0.0860. The third kappa shape index (κ3) is 6.38. The third-order valence-corrected chi connectivity index (χ3v) is 2.65. The minimum Gasteiger partial charge on any atom is -0.493 e. The van der Waals surface area contributed by atoms with E-state index in [1.165, 1.54) is 0 Å². The van der Waals surface area contributed by atoms with Gasteiger partial charge in [-0.25, -0.2) is 0 Å². The number of likely N-dealkylation sites (N-methyl/N-ethyl adjacent to an activating group) is 1. The Kier molecular flexibility index (Phi) is 7.43. The summed E-state index contributed by atoms with van der Waals surface area (Å²) in [5, 5.41) is 2.84. The lowest BCUT2D eigenvalue weighted by Crippen LogP contribution is -2.30. The van der Waals surface area contributed by atoms with E-state index in [1.807, 2.05) is 43.3 Å². The van der Waals surface area contributed by atoms with Crippen molar-refractivity contribution in [2.45, 2.75) is 13.3 Å². The summed E-state index contributed by atoms with van der Waals surface area (Å²) >= 11 is 0. The van der Waals surface area contributed by atoms with Gasteiger partial charge in [0.05, 0.1) is 6.61 Å². The van der Waals surface area contributed by atoms with Crippen LogP contribution >= 0.6 is 0 Å². The molecule has 1 N–H and O–H groups in total. The molecule has 4 nitrogen and oxygen atoms in total. The lowest BCUT2D eigenvalue weighted by atomic mass is 10.2. The molecule has 0 unspecified atom stereocenters. The van der Waals surface area contributed by atoms with Crippen LogP contribution in [0.3, 0.4) is 0 Å². The summed E-state index contributed by atoms with van der Waals surface area (Å²) in [5.41, 5.74) is 0.920. The molecule has 0 radical (unpaired) electrons. The Morgan fingerprint density at radius 2 is 2.10 bits per heavy atom. The van der Waals surface area contributed by atoms with Crippen LogP contribution in [0.5, 0.6) is 5.75 Å². The zero-order chi connectivity index (χ0) is 14.8. The lowest BCUT2D eigenvalue weighted by Gasteiger charge is -2.09. The smallest absolute Gasteiger partial charge is 0.244 e. The van der Waals surface area contributed by atoms with Gasteiger partial charge in [-0.15, -0.1) is 0 Å². The molecular weight excluding hydrogens is 252 g/mol. The van der Waals surface area contributed by atoms with Crippen molar-refractivity contribution >= 4 is 12.0 Å². The van der Waals surface area contributed by atoms with Crippen molar-refractivity contribution in [1.82, 2.24) is 10.2 Å². The normalized spacial score (nSPS) is 11.0. The van der Waals surface area contributed by atoms with Gasteiger partial charge in [0.2, 0.25) is 5.91 Å². The first kappa shape index (κ1) is 16.2. The van der Waals surface area contributed by atoms with E-state index in [9.17, 15) is 4.79 Å². The van der Waals surface area contributed by atoms with Crippen molar-refractivity contribution < 1.29 is 9.53 Å². The van der Waals surface area contributed by atoms with E-state index in [1.54, 1.807) is 12.2 Å². The van der Waals surface area contributed by atoms with Gasteiger partial charge in [-0.05, 0) is 32.7 Å². The van der Waals surface area contributed by atoms with E-state index in [-0.39, 0.29) is 5.91 Å². The fourth-order valence-electron chi connectivity index (χ4n) is 1.59. The molecule has 0 aliphatic rings. The van der Waals surface area contributed by atoms with E-state index in [4.69, 9.17) is 4.74 Å². The number of amides is 1. The molecule has 0 aliphatic heterocycles. The number of carbonyl (C=O) groups excluding carboxylic acids is 1. The molecule has 0 saturated carbocycles. The number of hydrogen-bond acceptors (Lipinski definition) is 3. The van der Waals surface area contributed by atoms with Gasteiger partial charge in [0.1, 0.15) is 5.75 Å². The fourth-order valence-corrected chi connectivity index (χ4v) is 1.59. The minimum atomic E-state index is -0.0860. The van der Waals surface area contributed by atoms with Crippen LogP contribution in [0.2, 0.25) is 0 Å². The second-order valence-electron chi connectivity index (χ2n) is 4.81. The van der Waals surface area contributed by atoms with Gasteiger partial charge in [0.25, 0.3) is 0 Å². The fraction of sp³-hybridized carbons (Fsp3) is 0.438. The predicted octanol–water partition coefficient (Wildman–Crippen LogP) is 2.17. The molecule has 0 spiro atoms. The van der Waals surface area contributed by atoms with Crippen molar-refractivity contribution in [3.8, 4) is 5.75 Å². The summed E-state index contributed by atoms with van der Waals surface area (Å²) in [7, 11) is 3.95. The second-order valence-corrected chi connectivity index (χ2v) is 4.81. The number of nitrogens with zero attached hydrogens (tertiary/aromatic N) is 1. The van der Waals surface area contributed by atoms with Gasteiger partial charge in [0, 0.05) is 24.7 Å². The Labute approximate surface area is 121 Å². The van der Waals surface area contributed by atoms with Gasteiger partial charge in [0.15, 0.2) is 0 Å². The van der Waals surface area contributed by atoms with Crippen LogP contribution in [0.4, 0.5) is 0 Å². The van der Waals surface area contributed by atoms with Crippen LogP contribution in [0.1, 0.15) is 18.9 Å². The zero-order valence-corrected chi connectivity index (χ0v) is 12.6. The van der Waals surface area contributed by atoms with Crippen LogP contribution in [0.25, 0.3) is 6.08 Å². The van der Waals surface area contributed by atoms with Crippen LogP contribution in [-0.4, -0.2) is 44.6 Å². The summed E-state index contributed by atoms with van der Waals surface area (Å²) in [6, 6.07) is 7.72. The molecule has 20 heavy (non-hydrogen) atoms. The molecule has 4 heteroatoms. The van der Waals surface area contributed by atoms with Gasteiger partial charge < -0.3 is 15.0 Å². The maximum absolute atomic E-state index is 11.7. The maximum atomic E-state index is 11.7. The van der Waals surface area contributed by atoms with Crippen LogP contribution in [0.15, 0.2) is 30.3 Å². The van der Waals surface area contributed by atoms with E-state index >= 15 is 0 Å². The highest BCUT2D eigenvalue weighted by Gasteiger charge is 2.00. The van der Waals surface area contributed by atoms with E-state index in [0.29, 0.717) is 13.2 Å². The molecular formula is C16H24N2O2. The highest BCUT2D eigenvalue weighted by Crippen LogP contribution is 2.19. The molecule has 1 rings (SSSR count). The van der Waals surface area contributed by atoms with Gasteiger partial charge in [-0.1, -0.05) is 25.1 Å². The average molecular weight is 276 g/mol. The van der Waals surface area contributed by atoms with E-state index < -0.39 is 0 Å². The highest BCUT2D eigenvalue weighted by atomic mass is 16.5. The Bertz CT molecular complexity index is 442. The monoisotopic (exact) mass is 276 g/mol. The predicted molar refractivity (Wildman–Crippen MR) is 82.8 cm³/mol. The summed E-state index contributed by atoms with van der Waals surface area (Å²) in [6.07, 6.45) is 4.29. The largest absolute Gasteiger partial charge is 0.493 e. The van der Waals surface area contributed by atoms with Crippen LogP contribution in [-0.2, 0) is 4.79 Å². The van der Waals surface area contributed by atoms with Crippen molar-refractivity contribution in [3.63, 3.8) is 0 Å². The number of para-hydroxylation sites is 1. The quantitative estimate of drug-likeness (QED) is 0.740. The zero-order valence-electron chi connectivity index (χ0n) is 12.6. The highest BCUT2D eigenvalue weighted by molar-refractivity contribution is 5.92. The first-order valence-corrected chi connectivity index (χ1v) is 6.96. The molecule has 1 aromatic rings. The molecule has 0 bridgehead atoms. The summed E-state index contributed by atoms with van der Waals surface area (Å²) < 4.78 is 5.64. The molecule has 0 atom stereocenters. The molecule has 0 fully saturated rings. The molecule has 110 valence electrons. The lowest BCUT2D eigenvalue weighted by molar-refractivity contribution is -0.116. The van der Waals surface area contributed by atoms with Gasteiger partial charge in [-0.3, -0.25) is 4.79 Å². The van der Waals surface area contributed by atoms with Gasteiger partial charge in [-0.2, -0.15) is 0 Å². The Morgan fingerprint density at radius 3 is 2.80 bits per heavy atom. The van der Waals surface area contributed by atoms with Crippen LogP contribution < -0.4 is 10.1 Å². The van der Waals surface area contributed by atoms with Crippen molar-refractivity contribution in [1.29, 1.82) is 0 Å². The van der Waals surface area contributed by atoms with Crippen molar-refractivity contribution in [2.24, 2.45) is 0 Å². The molecule has 0 aliphatic carbocycles. The number of hydrogen-bond donors (Lipinski definition) is 1. The summed E-state index contributed by atoms with van der Waals surface area (Å²) in [4.78, 5) is 13.7. The van der Waals surface area contributed by atoms with Crippen molar-refractivity contribution in [3.05, 3.63) is 35.9 Å². The Morgan fingerprint density at radius 1 is 1.35 bits per heavy atom. The SMILES string of the molecule is CCCOc1ccccc1/C=C/C(=O)NCCN(C)C. The average Bonchev–Trinajstić information content (AvgIpc) is 2.43. The van der Waals surface area contributed by atoms with E-state index in [0.717, 1.165) is 24.3 Å². The number of nitrogens with one attached hydrogen (secondary N) is 1.